The van der Waals surface area contributed by atoms with Gasteiger partial charge in [0, 0.05) is 6.04 Å². The standard InChI is InChI=1S/C15H24ClNO/c1-10(2)17-9-11(3)12(4)13-6-7-14(16)15(8-13)18-5/h6-8,10-12,17H,9H2,1-5H3. The summed E-state index contributed by atoms with van der Waals surface area (Å²) >= 11 is 6.05. The molecule has 1 aromatic rings. The quantitative estimate of drug-likeness (QED) is 0.840. The summed E-state index contributed by atoms with van der Waals surface area (Å²) in [6.07, 6.45) is 0. The van der Waals surface area contributed by atoms with Gasteiger partial charge in [-0.1, -0.05) is 45.4 Å². The minimum atomic E-state index is 0.474. The van der Waals surface area contributed by atoms with E-state index in [0.717, 1.165) is 12.3 Å². The number of methoxy groups -OCH3 is 1. The van der Waals surface area contributed by atoms with Crippen molar-refractivity contribution in [3.63, 3.8) is 0 Å². The molecule has 0 aliphatic heterocycles. The molecule has 0 heterocycles. The molecule has 0 saturated heterocycles. The van der Waals surface area contributed by atoms with Gasteiger partial charge in [-0.15, -0.1) is 0 Å². The van der Waals surface area contributed by atoms with Gasteiger partial charge in [0.25, 0.3) is 0 Å². The van der Waals surface area contributed by atoms with E-state index in [1.54, 1.807) is 7.11 Å². The molecular formula is C15H24ClNO. The van der Waals surface area contributed by atoms with Crippen LogP contribution in [-0.4, -0.2) is 19.7 Å². The van der Waals surface area contributed by atoms with Crippen LogP contribution >= 0.6 is 11.6 Å². The molecule has 0 bridgehead atoms. The second kappa shape index (κ2) is 7.01. The zero-order valence-electron chi connectivity index (χ0n) is 12.0. The summed E-state index contributed by atoms with van der Waals surface area (Å²) in [7, 11) is 1.65. The molecule has 0 aromatic heterocycles. The molecule has 2 atom stereocenters. The fraction of sp³-hybridized carbons (Fsp3) is 0.600. The first-order valence-corrected chi connectivity index (χ1v) is 6.90. The van der Waals surface area contributed by atoms with Crippen LogP contribution in [0.1, 0.15) is 39.2 Å². The molecule has 0 spiro atoms. The molecule has 1 rings (SSSR count). The number of hydrogen-bond donors (Lipinski definition) is 1. The van der Waals surface area contributed by atoms with Crippen molar-refractivity contribution in [1.82, 2.24) is 5.32 Å². The van der Waals surface area contributed by atoms with Gasteiger partial charge in [0.05, 0.1) is 12.1 Å². The van der Waals surface area contributed by atoms with Crippen molar-refractivity contribution in [1.29, 1.82) is 0 Å². The van der Waals surface area contributed by atoms with E-state index in [-0.39, 0.29) is 0 Å². The maximum Gasteiger partial charge on any atom is 0.137 e. The Bertz CT molecular complexity index is 379. The van der Waals surface area contributed by atoms with Crippen LogP contribution in [0.2, 0.25) is 5.02 Å². The Morgan fingerprint density at radius 3 is 2.44 bits per heavy atom. The van der Waals surface area contributed by atoms with Crippen molar-refractivity contribution in [2.75, 3.05) is 13.7 Å². The lowest BCUT2D eigenvalue weighted by Crippen LogP contribution is -2.29. The third kappa shape index (κ3) is 4.18. The molecule has 1 N–H and O–H groups in total. The van der Waals surface area contributed by atoms with Crippen LogP contribution in [0.5, 0.6) is 5.75 Å². The number of halogens is 1. The molecule has 0 aliphatic carbocycles. The van der Waals surface area contributed by atoms with Crippen LogP contribution in [0.4, 0.5) is 0 Å². The van der Waals surface area contributed by atoms with Crippen LogP contribution in [-0.2, 0) is 0 Å². The van der Waals surface area contributed by atoms with E-state index in [4.69, 9.17) is 16.3 Å². The lowest BCUT2D eigenvalue weighted by atomic mass is 9.88. The molecule has 0 radical (unpaired) electrons. The molecular weight excluding hydrogens is 246 g/mol. The second-order valence-corrected chi connectivity index (χ2v) is 5.63. The monoisotopic (exact) mass is 269 g/mol. The highest BCUT2D eigenvalue weighted by atomic mass is 35.5. The van der Waals surface area contributed by atoms with Gasteiger partial charge in [-0.25, -0.2) is 0 Å². The van der Waals surface area contributed by atoms with Gasteiger partial charge < -0.3 is 10.1 Å². The van der Waals surface area contributed by atoms with E-state index in [0.29, 0.717) is 22.9 Å². The maximum absolute atomic E-state index is 6.05. The average molecular weight is 270 g/mol. The van der Waals surface area contributed by atoms with Gasteiger partial charge in [-0.3, -0.25) is 0 Å². The Kier molecular flexibility index (Phi) is 5.97. The minimum Gasteiger partial charge on any atom is -0.495 e. The van der Waals surface area contributed by atoms with E-state index < -0.39 is 0 Å². The van der Waals surface area contributed by atoms with Crippen molar-refractivity contribution in [3.8, 4) is 5.75 Å². The minimum absolute atomic E-state index is 0.474. The highest BCUT2D eigenvalue weighted by Gasteiger charge is 2.16. The van der Waals surface area contributed by atoms with E-state index >= 15 is 0 Å². The Morgan fingerprint density at radius 1 is 1.22 bits per heavy atom. The van der Waals surface area contributed by atoms with Crippen molar-refractivity contribution >= 4 is 11.6 Å². The van der Waals surface area contributed by atoms with Crippen molar-refractivity contribution in [2.24, 2.45) is 5.92 Å². The summed E-state index contributed by atoms with van der Waals surface area (Å²) in [5, 5.41) is 4.15. The molecule has 0 saturated carbocycles. The normalized spacial score (nSPS) is 14.6. The first-order valence-electron chi connectivity index (χ1n) is 6.52. The molecule has 18 heavy (non-hydrogen) atoms. The summed E-state index contributed by atoms with van der Waals surface area (Å²) in [5.74, 6) is 1.80. The van der Waals surface area contributed by atoms with Gasteiger partial charge in [0.1, 0.15) is 5.75 Å². The zero-order valence-corrected chi connectivity index (χ0v) is 12.7. The Hall–Kier alpha value is -0.730. The number of rotatable bonds is 6. The van der Waals surface area contributed by atoms with Crippen LogP contribution < -0.4 is 10.1 Å². The third-order valence-electron chi connectivity index (χ3n) is 3.40. The molecule has 3 heteroatoms. The predicted octanol–water partition coefficient (Wildman–Crippen LogP) is 4.09. The summed E-state index contributed by atoms with van der Waals surface area (Å²) in [6.45, 7) is 9.87. The highest BCUT2D eigenvalue weighted by molar-refractivity contribution is 6.32. The molecule has 0 amide bonds. The van der Waals surface area contributed by atoms with Crippen LogP contribution in [0.15, 0.2) is 18.2 Å². The number of ether oxygens (including phenoxy) is 1. The molecule has 2 nitrogen and oxygen atoms in total. The van der Waals surface area contributed by atoms with E-state index in [2.05, 4.69) is 39.1 Å². The number of hydrogen-bond acceptors (Lipinski definition) is 2. The van der Waals surface area contributed by atoms with Gasteiger partial charge in [-0.2, -0.15) is 0 Å². The van der Waals surface area contributed by atoms with Gasteiger partial charge in [0.2, 0.25) is 0 Å². The van der Waals surface area contributed by atoms with Crippen LogP contribution in [0, 0.1) is 5.92 Å². The Morgan fingerprint density at radius 2 is 1.89 bits per heavy atom. The number of nitrogens with one attached hydrogen (secondary N) is 1. The van der Waals surface area contributed by atoms with Crippen LogP contribution in [0.3, 0.4) is 0 Å². The smallest absolute Gasteiger partial charge is 0.137 e. The summed E-state index contributed by atoms with van der Waals surface area (Å²) < 4.78 is 5.27. The summed E-state index contributed by atoms with van der Waals surface area (Å²) in [6, 6.07) is 6.56. The fourth-order valence-electron chi connectivity index (χ4n) is 1.89. The second-order valence-electron chi connectivity index (χ2n) is 5.22. The molecule has 102 valence electrons. The maximum atomic E-state index is 6.05. The van der Waals surface area contributed by atoms with Crippen molar-refractivity contribution in [3.05, 3.63) is 28.8 Å². The topological polar surface area (TPSA) is 21.3 Å². The highest BCUT2D eigenvalue weighted by Crippen LogP contribution is 2.31. The van der Waals surface area contributed by atoms with Crippen LogP contribution in [0.25, 0.3) is 0 Å². The van der Waals surface area contributed by atoms with Gasteiger partial charge in [-0.05, 0) is 36.1 Å². The van der Waals surface area contributed by atoms with E-state index in [1.165, 1.54) is 5.56 Å². The molecule has 0 aliphatic rings. The lowest BCUT2D eigenvalue weighted by molar-refractivity contribution is 0.408. The predicted molar refractivity (Wildman–Crippen MR) is 78.7 cm³/mol. The average Bonchev–Trinajstić information content (AvgIpc) is 2.35. The molecule has 2 unspecified atom stereocenters. The van der Waals surface area contributed by atoms with Gasteiger partial charge >= 0.3 is 0 Å². The van der Waals surface area contributed by atoms with Crippen molar-refractivity contribution in [2.45, 2.75) is 39.7 Å². The SMILES string of the molecule is COc1cc(C(C)C(C)CNC(C)C)ccc1Cl. The Labute approximate surface area is 116 Å². The first kappa shape index (κ1) is 15.3. The Balaban J connectivity index is 2.73. The molecule has 0 fully saturated rings. The van der Waals surface area contributed by atoms with Gasteiger partial charge in [0.15, 0.2) is 0 Å². The summed E-state index contributed by atoms with van der Waals surface area (Å²) in [4.78, 5) is 0. The third-order valence-corrected chi connectivity index (χ3v) is 3.71. The fourth-order valence-corrected chi connectivity index (χ4v) is 2.08. The largest absolute Gasteiger partial charge is 0.495 e. The zero-order chi connectivity index (χ0) is 13.7. The molecule has 1 aromatic carbocycles. The lowest BCUT2D eigenvalue weighted by Gasteiger charge is -2.22. The van der Waals surface area contributed by atoms with Crippen molar-refractivity contribution < 1.29 is 4.74 Å². The number of benzene rings is 1. The first-order chi connectivity index (χ1) is 8.45. The van der Waals surface area contributed by atoms with E-state index in [9.17, 15) is 0 Å². The van der Waals surface area contributed by atoms with E-state index in [1.807, 2.05) is 12.1 Å². The summed E-state index contributed by atoms with van der Waals surface area (Å²) in [5.41, 5.74) is 1.27.